The van der Waals surface area contributed by atoms with Crippen molar-refractivity contribution in [1.29, 1.82) is 0 Å². The lowest BCUT2D eigenvalue weighted by molar-refractivity contribution is 0.0340. The molecule has 3 rings (SSSR count). The van der Waals surface area contributed by atoms with Gasteiger partial charge in [-0.15, -0.1) is 0 Å². The van der Waals surface area contributed by atoms with Gasteiger partial charge in [-0.3, -0.25) is 4.79 Å². The molecule has 126 valence electrons. The van der Waals surface area contributed by atoms with E-state index in [4.69, 9.17) is 9.47 Å². The normalized spacial score (nSPS) is 25.1. The summed E-state index contributed by atoms with van der Waals surface area (Å²) in [6.07, 6.45) is 6.07. The van der Waals surface area contributed by atoms with Gasteiger partial charge in [-0.1, -0.05) is 0 Å². The Labute approximate surface area is 143 Å². The number of halogens is 1. The maximum atomic E-state index is 11.8. The van der Waals surface area contributed by atoms with Gasteiger partial charge in [-0.05, 0) is 48.0 Å². The summed E-state index contributed by atoms with van der Waals surface area (Å²) in [4.78, 5) is 25.4. The largest absolute Gasteiger partial charge is 0.489 e. The lowest BCUT2D eigenvalue weighted by Gasteiger charge is -2.38. The number of hydrogen-bond acceptors (Lipinski definition) is 4. The summed E-state index contributed by atoms with van der Waals surface area (Å²) >= 11 is 3.44. The third kappa shape index (κ3) is 3.71. The van der Waals surface area contributed by atoms with Crippen molar-refractivity contribution in [3.63, 3.8) is 0 Å². The predicted molar refractivity (Wildman–Crippen MR) is 88.7 cm³/mol. The zero-order valence-corrected chi connectivity index (χ0v) is 14.8. The van der Waals surface area contributed by atoms with Crippen molar-refractivity contribution in [3.05, 3.63) is 27.1 Å². The maximum absolute atomic E-state index is 11.8. The standard InChI is InChI=1S/C16H21BrN2O4/c1-18-10-13(17)14(9-15(18)20)23-12-5-3-11(4-6-12)19-7-2-8-22-16(19)21/h9-12H,2-8H2,1H3/t11-,12-. The molecule has 0 atom stereocenters. The molecule has 23 heavy (non-hydrogen) atoms. The SMILES string of the molecule is Cn1cc(Br)c(O[C@H]2CC[C@H](N3CCCOC3=O)CC2)cc1=O. The number of pyridine rings is 1. The van der Waals surface area contributed by atoms with E-state index < -0.39 is 0 Å². The van der Waals surface area contributed by atoms with Crippen LogP contribution in [0.5, 0.6) is 5.75 Å². The van der Waals surface area contributed by atoms with E-state index in [0.717, 1.165) is 43.1 Å². The van der Waals surface area contributed by atoms with Crippen LogP contribution >= 0.6 is 15.9 Å². The Bertz CT molecular complexity index is 637. The van der Waals surface area contributed by atoms with Crippen LogP contribution in [0.3, 0.4) is 0 Å². The van der Waals surface area contributed by atoms with E-state index >= 15 is 0 Å². The monoisotopic (exact) mass is 384 g/mol. The van der Waals surface area contributed by atoms with Crippen LogP contribution in [0.15, 0.2) is 21.5 Å². The van der Waals surface area contributed by atoms with Gasteiger partial charge in [-0.2, -0.15) is 0 Å². The van der Waals surface area contributed by atoms with Crippen LogP contribution in [0.2, 0.25) is 0 Å². The zero-order valence-electron chi connectivity index (χ0n) is 13.2. The van der Waals surface area contributed by atoms with Crippen molar-refractivity contribution in [2.75, 3.05) is 13.2 Å². The molecule has 1 aromatic heterocycles. The van der Waals surface area contributed by atoms with E-state index in [-0.39, 0.29) is 23.8 Å². The summed E-state index contributed by atoms with van der Waals surface area (Å²) in [6, 6.07) is 1.76. The quantitative estimate of drug-likeness (QED) is 0.803. The second-order valence-corrected chi connectivity index (χ2v) is 7.00. The first-order chi connectivity index (χ1) is 11.0. The van der Waals surface area contributed by atoms with Crippen molar-refractivity contribution in [2.45, 2.75) is 44.2 Å². The number of hydrogen-bond donors (Lipinski definition) is 0. The highest BCUT2D eigenvalue weighted by molar-refractivity contribution is 9.10. The molecule has 2 aliphatic rings. The molecule has 2 heterocycles. The highest BCUT2D eigenvalue weighted by Crippen LogP contribution is 2.30. The fourth-order valence-corrected chi connectivity index (χ4v) is 3.74. The van der Waals surface area contributed by atoms with Crippen LogP contribution in [0.25, 0.3) is 0 Å². The van der Waals surface area contributed by atoms with Crippen LogP contribution in [-0.4, -0.2) is 40.9 Å². The molecule has 0 radical (unpaired) electrons. The molecule has 0 bridgehead atoms. The summed E-state index contributed by atoms with van der Waals surface area (Å²) in [5.41, 5.74) is -0.0899. The molecule has 1 saturated carbocycles. The predicted octanol–water partition coefficient (Wildman–Crippen LogP) is 2.68. The molecule has 0 N–H and O–H groups in total. The van der Waals surface area contributed by atoms with Gasteiger partial charge in [0.2, 0.25) is 0 Å². The topological polar surface area (TPSA) is 60.8 Å². The second kappa shape index (κ2) is 6.95. The number of amides is 1. The lowest BCUT2D eigenvalue weighted by atomic mass is 9.91. The van der Waals surface area contributed by atoms with Gasteiger partial charge in [-0.25, -0.2) is 4.79 Å². The van der Waals surface area contributed by atoms with Gasteiger partial charge in [0, 0.05) is 31.9 Å². The van der Waals surface area contributed by atoms with Crippen LogP contribution in [0.4, 0.5) is 4.79 Å². The van der Waals surface area contributed by atoms with Gasteiger partial charge in [0.15, 0.2) is 0 Å². The molecule has 1 aliphatic carbocycles. The van der Waals surface area contributed by atoms with E-state index in [1.54, 1.807) is 13.2 Å². The highest BCUT2D eigenvalue weighted by atomic mass is 79.9. The molecule has 1 aliphatic heterocycles. The molecule has 1 amide bonds. The highest BCUT2D eigenvalue weighted by Gasteiger charge is 2.32. The third-order valence-corrected chi connectivity index (χ3v) is 5.12. The number of carbonyl (C=O) groups is 1. The van der Waals surface area contributed by atoms with E-state index in [1.807, 2.05) is 4.90 Å². The van der Waals surface area contributed by atoms with Crippen molar-refractivity contribution in [3.8, 4) is 5.75 Å². The number of aryl methyl sites for hydroxylation is 1. The van der Waals surface area contributed by atoms with Crippen LogP contribution < -0.4 is 10.3 Å². The molecular weight excluding hydrogens is 364 g/mol. The number of aromatic nitrogens is 1. The van der Waals surface area contributed by atoms with Crippen molar-refractivity contribution in [2.24, 2.45) is 7.05 Å². The second-order valence-electron chi connectivity index (χ2n) is 6.14. The summed E-state index contributed by atoms with van der Waals surface area (Å²) in [6.45, 7) is 1.32. The van der Waals surface area contributed by atoms with E-state index in [9.17, 15) is 9.59 Å². The molecular formula is C16H21BrN2O4. The van der Waals surface area contributed by atoms with Gasteiger partial charge < -0.3 is 18.9 Å². The Kier molecular flexibility index (Phi) is 4.94. The summed E-state index contributed by atoms with van der Waals surface area (Å²) < 4.78 is 13.4. The van der Waals surface area contributed by atoms with Gasteiger partial charge in [0.1, 0.15) is 5.75 Å². The molecule has 2 fully saturated rings. The first-order valence-electron chi connectivity index (χ1n) is 8.01. The first kappa shape index (κ1) is 16.4. The number of rotatable bonds is 3. The van der Waals surface area contributed by atoms with Gasteiger partial charge in [0.05, 0.1) is 17.2 Å². The minimum atomic E-state index is -0.185. The number of ether oxygens (including phenoxy) is 2. The summed E-state index contributed by atoms with van der Waals surface area (Å²) in [5.74, 6) is 0.592. The Morgan fingerprint density at radius 2 is 2.00 bits per heavy atom. The van der Waals surface area contributed by atoms with Crippen LogP contribution in [0.1, 0.15) is 32.1 Å². The Morgan fingerprint density at radius 3 is 2.70 bits per heavy atom. The molecule has 6 nitrogen and oxygen atoms in total. The van der Waals surface area contributed by atoms with E-state index in [2.05, 4.69) is 15.9 Å². The summed E-state index contributed by atoms with van der Waals surface area (Å²) in [5, 5.41) is 0. The van der Waals surface area contributed by atoms with Crippen LogP contribution in [-0.2, 0) is 11.8 Å². The molecule has 1 aromatic rings. The average Bonchev–Trinajstić information content (AvgIpc) is 2.54. The van der Waals surface area contributed by atoms with E-state index in [1.165, 1.54) is 10.6 Å². The number of carbonyl (C=O) groups excluding carboxylic acids is 1. The Morgan fingerprint density at radius 1 is 1.26 bits per heavy atom. The number of cyclic esters (lactones) is 1. The van der Waals surface area contributed by atoms with Crippen molar-refractivity contribution in [1.82, 2.24) is 9.47 Å². The fraction of sp³-hybridized carbons (Fsp3) is 0.625. The van der Waals surface area contributed by atoms with E-state index in [0.29, 0.717) is 12.4 Å². The molecule has 1 saturated heterocycles. The Hall–Kier alpha value is -1.50. The van der Waals surface area contributed by atoms with Crippen molar-refractivity contribution < 1.29 is 14.3 Å². The minimum absolute atomic E-state index is 0.0791. The molecule has 0 spiro atoms. The summed E-state index contributed by atoms with van der Waals surface area (Å²) in [7, 11) is 1.71. The smallest absolute Gasteiger partial charge is 0.410 e. The van der Waals surface area contributed by atoms with Crippen molar-refractivity contribution >= 4 is 22.0 Å². The molecule has 0 unspecified atom stereocenters. The number of nitrogens with zero attached hydrogens (tertiary/aromatic N) is 2. The fourth-order valence-electron chi connectivity index (χ4n) is 3.23. The molecule has 7 heteroatoms. The van der Waals surface area contributed by atoms with Gasteiger partial charge in [0.25, 0.3) is 5.56 Å². The average molecular weight is 385 g/mol. The lowest BCUT2D eigenvalue weighted by Crippen LogP contribution is -2.47. The van der Waals surface area contributed by atoms with Gasteiger partial charge >= 0.3 is 6.09 Å². The first-order valence-corrected chi connectivity index (χ1v) is 8.80. The molecule has 0 aromatic carbocycles. The zero-order chi connectivity index (χ0) is 16.4. The van der Waals surface area contributed by atoms with Crippen LogP contribution in [0, 0.1) is 0 Å². The minimum Gasteiger partial charge on any atom is -0.489 e. The third-order valence-electron chi connectivity index (χ3n) is 4.53. The maximum Gasteiger partial charge on any atom is 0.410 e. The Balaban J connectivity index is 1.58.